The van der Waals surface area contributed by atoms with E-state index in [9.17, 15) is 4.79 Å². The van der Waals surface area contributed by atoms with E-state index < -0.39 is 0 Å². The zero-order valence-electron chi connectivity index (χ0n) is 11.4. The lowest BCUT2D eigenvalue weighted by Crippen LogP contribution is -2.37. The lowest BCUT2D eigenvalue weighted by atomic mass is 10.1. The summed E-state index contributed by atoms with van der Waals surface area (Å²) in [5.74, 6) is 0.379. The third-order valence-electron chi connectivity index (χ3n) is 3.81. The van der Waals surface area contributed by atoms with Gasteiger partial charge in [-0.15, -0.1) is 0 Å². The van der Waals surface area contributed by atoms with Crippen molar-refractivity contribution in [3.8, 4) is 0 Å². The number of hydrogen-bond donors (Lipinski definition) is 3. The van der Waals surface area contributed by atoms with Crippen LogP contribution in [0.4, 0.5) is 0 Å². The van der Waals surface area contributed by atoms with E-state index in [1.165, 1.54) is 0 Å². The van der Waals surface area contributed by atoms with Gasteiger partial charge in [0.2, 0.25) is 0 Å². The van der Waals surface area contributed by atoms with Crippen LogP contribution in [0.15, 0.2) is 12.3 Å². The van der Waals surface area contributed by atoms with Gasteiger partial charge in [-0.25, -0.2) is 4.98 Å². The number of carbonyl (C=O) groups excluding carboxylic acids is 1. The van der Waals surface area contributed by atoms with Gasteiger partial charge < -0.3 is 10.4 Å². The summed E-state index contributed by atoms with van der Waals surface area (Å²) in [6.45, 7) is 2.00. The van der Waals surface area contributed by atoms with Crippen LogP contribution in [0.1, 0.15) is 35.3 Å². The molecule has 3 rings (SSSR count). The Balaban J connectivity index is 1.78. The van der Waals surface area contributed by atoms with Gasteiger partial charge in [0.15, 0.2) is 5.65 Å². The molecule has 0 aromatic carbocycles. The topological polar surface area (TPSA) is 90.9 Å². The second-order valence-corrected chi connectivity index (χ2v) is 5.37. The molecule has 0 spiro atoms. The fourth-order valence-corrected chi connectivity index (χ4v) is 2.46. The SMILES string of the molecule is Cc1[nH]nc2ncc(C(=O)NC(CCO)C3CC3)cc12. The number of aliphatic hydroxyl groups is 1. The standard InChI is InChI=1S/C14H18N4O2/c1-8-11-6-10(7-15-13(11)18-17-8)14(20)16-12(4-5-19)9-2-3-9/h6-7,9,12,19H,2-5H2,1H3,(H,16,20)(H,15,17,18). The Bertz CT molecular complexity index is 633. The number of pyridine rings is 1. The molecule has 1 unspecified atom stereocenters. The van der Waals surface area contributed by atoms with Crippen molar-refractivity contribution in [2.75, 3.05) is 6.61 Å². The predicted octanol–water partition coefficient (Wildman–Crippen LogP) is 1.16. The van der Waals surface area contributed by atoms with Gasteiger partial charge in [0, 0.05) is 29.9 Å². The Labute approximate surface area is 116 Å². The average Bonchev–Trinajstić information content (AvgIpc) is 3.23. The van der Waals surface area contributed by atoms with E-state index in [1.54, 1.807) is 12.3 Å². The molecule has 1 saturated carbocycles. The molecule has 0 radical (unpaired) electrons. The van der Waals surface area contributed by atoms with Gasteiger partial charge in [-0.2, -0.15) is 5.10 Å². The number of fused-ring (bicyclic) bond motifs is 1. The van der Waals surface area contributed by atoms with Gasteiger partial charge in [0.1, 0.15) is 0 Å². The molecule has 0 bridgehead atoms. The normalized spacial score (nSPS) is 16.3. The van der Waals surface area contributed by atoms with Crippen molar-refractivity contribution in [2.24, 2.45) is 5.92 Å². The number of hydrogen-bond acceptors (Lipinski definition) is 4. The highest BCUT2D eigenvalue weighted by Crippen LogP contribution is 2.34. The fourth-order valence-electron chi connectivity index (χ4n) is 2.46. The Hall–Kier alpha value is -1.95. The minimum Gasteiger partial charge on any atom is -0.396 e. The summed E-state index contributed by atoms with van der Waals surface area (Å²) in [6.07, 6.45) is 4.41. The summed E-state index contributed by atoms with van der Waals surface area (Å²) in [5.41, 5.74) is 2.05. The molecule has 2 aromatic rings. The van der Waals surface area contributed by atoms with Gasteiger partial charge in [-0.1, -0.05) is 0 Å². The number of carbonyl (C=O) groups is 1. The smallest absolute Gasteiger partial charge is 0.253 e. The maximum Gasteiger partial charge on any atom is 0.253 e. The molecule has 6 nitrogen and oxygen atoms in total. The Morgan fingerprint density at radius 2 is 2.40 bits per heavy atom. The van der Waals surface area contributed by atoms with Crippen LogP contribution in [0.5, 0.6) is 0 Å². The summed E-state index contributed by atoms with van der Waals surface area (Å²) in [4.78, 5) is 16.5. The number of aromatic nitrogens is 3. The summed E-state index contributed by atoms with van der Waals surface area (Å²) < 4.78 is 0. The Morgan fingerprint density at radius 3 is 3.10 bits per heavy atom. The minimum atomic E-state index is -0.134. The lowest BCUT2D eigenvalue weighted by Gasteiger charge is -2.17. The summed E-state index contributed by atoms with van der Waals surface area (Å²) >= 11 is 0. The Morgan fingerprint density at radius 1 is 1.60 bits per heavy atom. The molecule has 3 N–H and O–H groups in total. The number of aromatic amines is 1. The average molecular weight is 274 g/mol. The van der Waals surface area contributed by atoms with Crippen LogP contribution < -0.4 is 5.32 Å². The van der Waals surface area contributed by atoms with E-state index in [0.29, 0.717) is 23.5 Å². The maximum absolute atomic E-state index is 12.3. The molecule has 20 heavy (non-hydrogen) atoms. The first-order valence-electron chi connectivity index (χ1n) is 6.91. The first-order valence-corrected chi connectivity index (χ1v) is 6.91. The van der Waals surface area contributed by atoms with Crippen molar-refractivity contribution in [3.63, 3.8) is 0 Å². The monoisotopic (exact) mass is 274 g/mol. The predicted molar refractivity (Wildman–Crippen MR) is 74.3 cm³/mol. The number of rotatable bonds is 5. The van der Waals surface area contributed by atoms with Crippen molar-refractivity contribution < 1.29 is 9.90 Å². The highest BCUT2D eigenvalue weighted by atomic mass is 16.3. The van der Waals surface area contributed by atoms with Crippen LogP contribution in [0, 0.1) is 12.8 Å². The number of amides is 1. The maximum atomic E-state index is 12.3. The van der Waals surface area contributed by atoms with E-state index in [4.69, 9.17) is 5.11 Å². The largest absolute Gasteiger partial charge is 0.396 e. The van der Waals surface area contributed by atoms with Crippen molar-refractivity contribution in [1.82, 2.24) is 20.5 Å². The number of aryl methyl sites for hydroxylation is 1. The number of aliphatic hydroxyl groups excluding tert-OH is 1. The van der Waals surface area contributed by atoms with Crippen LogP contribution >= 0.6 is 0 Å². The molecule has 1 aliphatic rings. The van der Waals surface area contributed by atoms with Crippen LogP contribution in [0.2, 0.25) is 0 Å². The molecule has 1 aliphatic carbocycles. The minimum absolute atomic E-state index is 0.0636. The zero-order chi connectivity index (χ0) is 14.1. The van der Waals surface area contributed by atoms with E-state index in [-0.39, 0.29) is 18.6 Å². The van der Waals surface area contributed by atoms with Crippen molar-refractivity contribution in [2.45, 2.75) is 32.2 Å². The highest BCUT2D eigenvalue weighted by molar-refractivity contribution is 5.97. The number of H-pyrrole nitrogens is 1. The molecule has 106 valence electrons. The van der Waals surface area contributed by atoms with E-state index >= 15 is 0 Å². The first kappa shape index (κ1) is 13.1. The van der Waals surface area contributed by atoms with E-state index in [1.807, 2.05) is 6.92 Å². The molecule has 0 saturated heterocycles. The van der Waals surface area contributed by atoms with Gasteiger partial charge in [-0.05, 0) is 38.2 Å². The van der Waals surface area contributed by atoms with Crippen molar-refractivity contribution in [3.05, 3.63) is 23.5 Å². The summed E-state index contributed by atoms with van der Waals surface area (Å²) in [7, 11) is 0. The lowest BCUT2D eigenvalue weighted by molar-refractivity contribution is 0.0924. The third kappa shape index (κ3) is 2.51. The van der Waals surface area contributed by atoms with Gasteiger partial charge in [-0.3, -0.25) is 9.89 Å². The second-order valence-electron chi connectivity index (χ2n) is 5.37. The molecular weight excluding hydrogens is 256 g/mol. The summed E-state index contributed by atoms with van der Waals surface area (Å²) in [6, 6.07) is 1.87. The molecule has 0 aliphatic heterocycles. The first-order chi connectivity index (χ1) is 9.69. The number of nitrogens with zero attached hydrogens (tertiary/aromatic N) is 2. The molecular formula is C14H18N4O2. The van der Waals surface area contributed by atoms with Gasteiger partial charge in [0.25, 0.3) is 5.91 Å². The number of nitrogens with one attached hydrogen (secondary N) is 2. The van der Waals surface area contributed by atoms with E-state index in [0.717, 1.165) is 23.9 Å². The molecule has 1 atom stereocenters. The van der Waals surface area contributed by atoms with Crippen LogP contribution in [0.25, 0.3) is 11.0 Å². The quantitative estimate of drug-likeness (QED) is 0.763. The van der Waals surface area contributed by atoms with Crippen LogP contribution in [-0.4, -0.2) is 38.8 Å². The van der Waals surface area contributed by atoms with Crippen molar-refractivity contribution >= 4 is 16.9 Å². The molecule has 2 aromatic heterocycles. The zero-order valence-corrected chi connectivity index (χ0v) is 11.4. The highest BCUT2D eigenvalue weighted by Gasteiger charge is 2.32. The second kappa shape index (κ2) is 5.20. The molecule has 6 heteroatoms. The van der Waals surface area contributed by atoms with E-state index in [2.05, 4.69) is 20.5 Å². The third-order valence-corrected chi connectivity index (χ3v) is 3.81. The van der Waals surface area contributed by atoms with Crippen LogP contribution in [0.3, 0.4) is 0 Å². The summed E-state index contributed by atoms with van der Waals surface area (Å²) in [5, 5.41) is 19.8. The van der Waals surface area contributed by atoms with Gasteiger partial charge >= 0.3 is 0 Å². The van der Waals surface area contributed by atoms with Crippen molar-refractivity contribution in [1.29, 1.82) is 0 Å². The Kier molecular flexibility index (Phi) is 3.40. The van der Waals surface area contributed by atoms with Gasteiger partial charge in [0.05, 0.1) is 5.56 Å². The molecule has 1 amide bonds. The molecule has 2 heterocycles. The van der Waals surface area contributed by atoms with Crippen LogP contribution in [-0.2, 0) is 0 Å². The fraction of sp³-hybridized carbons (Fsp3) is 0.500. The molecule has 1 fully saturated rings.